The number of Topliss-reactive ketones (excluding diaryl/α,β-unsaturated/α-hetero) is 1. The number of methoxy groups -OCH3 is 1. The van der Waals surface area contributed by atoms with Crippen molar-refractivity contribution in [2.45, 2.75) is 222 Å². The summed E-state index contributed by atoms with van der Waals surface area (Å²) in [5, 5.41) is 0. The van der Waals surface area contributed by atoms with Gasteiger partial charge in [-0.1, -0.05) is 158 Å². The number of hydrogen-bond acceptors (Lipinski definition) is 5. The van der Waals surface area contributed by atoms with Gasteiger partial charge in [0.2, 0.25) is 0 Å². The van der Waals surface area contributed by atoms with Crippen molar-refractivity contribution >= 4 is 17.9 Å². The largest absolute Gasteiger partial charge is 0.383 e. The van der Waals surface area contributed by atoms with Gasteiger partial charge in [-0.3, -0.25) is 4.79 Å². The summed E-state index contributed by atoms with van der Waals surface area (Å²) in [6.07, 6.45) is 32.9. The standard InChI is InChI=1S/C16H27NO2.C13H26.C8H16O.C7H12O.2C2H6.C2H4/c1-5-15(9-7-6-8-14(3)18)17-11-13(2)10-16(17)12-19-4;1-3-5-7-9-11-13-12-10-8-6-4-2;1-2-3-4-5-6-7-8-9;1-3-5-6-7(8)4-2;3*1-2/h13,16H,1,6-12H2,2-4H3;3H,1,4-13H2,2H3;8H,2-7H2,1H3;4H,2-3,5-6H2,1H3;2*1-2H3;1-2H2/t13?,16-;;;;;;/m0....../s1. The number of aldehydes is 1. The quantitative estimate of drug-likeness (QED) is 0.0260. The van der Waals surface area contributed by atoms with Crippen LogP contribution in [-0.4, -0.2) is 49.1 Å². The Bertz CT molecular complexity index is 845. The van der Waals surface area contributed by atoms with Gasteiger partial charge in [-0.25, -0.2) is 0 Å². The summed E-state index contributed by atoms with van der Waals surface area (Å²) in [4.78, 5) is 33.6. The lowest BCUT2D eigenvalue weighted by atomic mass is 10.1. The van der Waals surface area contributed by atoms with Gasteiger partial charge < -0.3 is 19.2 Å². The number of allylic oxidation sites excluding steroid dienone is 3. The smallest absolute Gasteiger partial charge is 0.155 e. The first-order chi connectivity index (χ1) is 26.7. The van der Waals surface area contributed by atoms with E-state index < -0.39 is 0 Å². The van der Waals surface area contributed by atoms with Crippen LogP contribution in [0, 0.1) is 5.92 Å². The zero-order valence-corrected chi connectivity index (χ0v) is 38.9. The van der Waals surface area contributed by atoms with Crippen LogP contribution in [0.2, 0.25) is 0 Å². The molecule has 0 aromatic carbocycles. The molecule has 0 saturated carbocycles. The van der Waals surface area contributed by atoms with Crippen molar-refractivity contribution in [2.24, 2.45) is 5.92 Å². The molecule has 0 bridgehead atoms. The van der Waals surface area contributed by atoms with Crippen molar-refractivity contribution in [1.82, 2.24) is 4.90 Å². The van der Waals surface area contributed by atoms with E-state index in [0.717, 1.165) is 64.4 Å². The molecular formula is C50H97NO4. The lowest BCUT2D eigenvalue weighted by Crippen LogP contribution is -2.32. The van der Waals surface area contributed by atoms with Gasteiger partial charge in [0.15, 0.2) is 5.78 Å². The topological polar surface area (TPSA) is 63.7 Å². The number of likely N-dealkylation sites (tertiary alicyclic amines) is 1. The minimum Gasteiger partial charge on any atom is -0.383 e. The molecular weight excluding hydrogens is 679 g/mol. The Balaban J connectivity index is -0.000000146. The third-order valence-corrected chi connectivity index (χ3v) is 8.67. The Labute approximate surface area is 346 Å². The molecule has 1 rings (SSSR count). The van der Waals surface area contributed by atoms with Gasteiger partial charge >= 0.3 is 0 Å². The number of carbonyl (C=O) groups is 3. The highest BCUT2D eigenvalue weighted by molar-refractivity contribution is 5.88. The summed E-state index contributed by atoms with van der Waals surface area (Å²) < 4.78 is 5.31. The Kier molecular flexibility index (Phi) is 71.1. The van der Waals surface area contributed by atoms with E-state index in [4.69, 9.17) is 4.74 Å². The van der Waals surface area contributed by atoms with Crippen molar-refractivity contribution in [1.29, 1.82) is 0 Å². The average molecular weight is 776 g/mol. The first-order valence-corrected chi connectivity index (χ1v) is 22.6. The molecule has 0 aromatic rings. The van der Waals surface area contributed by atoms with Crippen LogP contribution in [0.3, 0.4) is 0 Å². The minimum atomic E-state index is 0.159. The van der Waals surface area contributed by atoms with Crippen LogP contribution in [0.25, 0.3) is 0 Å². The molecule has 1 saturated heterocycles. The lowest BCUT2D eigenvalue weighted by molar-refractivity contribution is -0.117. The number of ketones is 2. The molecule has 1 fully saturated rings. The molecule has 0 radical (unpaired) electrons. The molecule has 0 aliphatic carbocycles. The maximum Gasteiger partial charge on any atom is 0.155 e. The van der Waals surface area contributed by atoms with Crippen molar-refractivity contribution in [3.8, 4) is 0 Å². The van der Waals surface area contributed by atoms with E-state index in [9.17, 15) is 14.4 Å². The lowest BCUT2D eigenvalue weighted by Gasteiger charge is -2.27. The fourth-order valence-electron chi connectivity index (χ4n) is 5.72. The number of hydrogen-bond donors (Lipinski definition) is 0. The maximum absolute atomic E-state index is 10.9. The van der Waals surface area contributed by atoms with E-state index in [2.05, 4.69) is 71.2 Å². The molecule has 2 atom stereocenters. The van der Waals surface area contributed by atoms with Crippen LogP contribution in [0.15, 0.2) is 56.5 Å². The fourth-order valence-corrected chi connectivity index (χ4v) is 5.72. The third-order valence-electron chi connectivity index (χ3n) is 8.67. The van der Waals surface area contributed by atoms with Gasteiger partial charge in [0, 0.05) is 32.9 Å². The average Bonchev–Trinajstić information content (AvgIpc) is 3.58. The molecule has 1 unspecified atom stereocenters. The van der Waals surface area contributed by atoms with E-state index in [1.54, 1.807) is 14.0 Å². The molecule has 55 heavy (non-hydrogen) atoms. The second-order valence-electron chi connectivity index (χ2n) is 13.7. The minimum absolute atomic E-state index is 0.159. The highest BCUT2D eigenvalue weighted by Gasteiger charge is 2.30. The molecule has 1 heterocycles. The van der Waals surface area contributed by atoms with Crippen molar-refractivity contribution in [3.05, 3.63) is 56.5 Å². The summed E-state index contributed by atoms with van der Waals surface area (Å²) in [6, 6.07) is 0.456. The fraction of sp³-hybridized carbons (Fsp3) is 0.760. The van der Waals surface area contributed by atoms with Crippen LogP contribution >= 0.6 is 0 Å². The Morgan fingerprint density at radius 2 is 1.16 bits per heavy atom. The van der Waals surface area contributed by atoms with Crippen molar-refractivity contribution < 1.29 is 19.1 Å². The Morgan fingerprint density at radius 3 is 1.56 bits per heavy atom. The molecule has 5 heteroatoms. The number of unbranched alkanes of at least 4 members (excludes halogenated alkanes) is 16. The first-order valence-electron chi connectivity index (χ1n) is 22.6. The van der Waals surface area contributed by atoms with Gasteiger partial charge in [-0.15, -0.1) is 25.5 Å². The first kappa shape index (κ1) is 64.4. The van der Waals surface area contributed by atoms with Gasteiger partial charge in [0.05, 0.1) is 18.3 Å². The molecule has 5 nitrogen and oxygen atoms in total. The summed E-state index contributed by atoms with van der Waals surface area (Å²) in [5.74, 6) is 1.13. The zero-order valence-electron chi connectivity index (χ0n) is 38.9. The molecule has 0 aromatic heterocycles. The van der Waals surface area contributed by atoms with Gasteiger partial charge in [-0.2, -0.15) is 0 Å². The number of nitrogens with zero attached hydrogens (tertiary/aromatic N) is 1. The maximum atomic E-state index is 10.9. The second kappa shape index (κ2) is 60.8. The van der Waals surface area contributed by atoms with Crippen molar-refractivity contribution in [2.75, 3.05) is 20.3 Å². The van der Waals surface area contributed by atoms with Crippen LogP contribution in [0.1, 0.15) is 216 Å². The molecule has 326 valence electrons. The van der Waals surface area contributed by atoms with Crippen LogP contribution in [0.4, 0.5) is 0 Å². The van der Waals surface area contributed by atoms with E-state index in [1.165, 1.54) is 108 Å². The van der Waals surface area contributed by atoms with E-state index >= 15 is 0 Å². The highest BCUT2D eigenvalue weighted by atomic mass is 16.5. The van der Waals surface area contributed by atoms with Crippen LogP contribution in [0.5, 0.6) is 0 Å². The summed E-state index contributed by atoms with van der Waals surface area (Å²) in [7, 11) is 1.76. The normalized spacial score (nSPS) is 13.2. The van der Waals surface area contributed by atoms with E-state index in [-0.39, 0.29) is 11.6 Å². The molecule has 1 aliphatic heterocycles. The zero-order chi connectivity index (χ0) is 43.4. The molecule has 0 N–H and O–H groups in total. The third kappa shape index (κ3) is 55.9. The highest BCUT2D eigenvalue weighted by Crippen LogP contribution is 2.28. The second-order valence-corrected chi connectivity index (χ2v) is 13.7. The SMILES string of the molecule is C=C.C=C=C(CCCCC(C)=O)N1CC(C)C[C@H]1COC.C=CC(=O)CCCC.C=CCCCCCCCCCCC.CC.CC.CCCCCCCC=O. The number of carbonyl (C=O) groups excluding carboxylic acids is 3. The predicted molar refractivity (Wildman–Crippen MR) is 248 cm³/mol. The van der Waals surface area contributed by atoms with Gasteiger partial charge in [0.25, 0.3) is 0 Å². The number of rotatable bonds is 28. The van der Waals surface area contributed by atoms with Crippen molar-refractivity contribution in [3.63, 3.8) is 0 Å². The van der Waals surface area contributed by atoms with Gasteiger partial charge in [-0.05, 0) is 70.3 Å². The van der Waals surface area contributed by atoms with Crippen LogP contribution < -0.4 is 0 Å². The molecule has 0 amide bonds. The van der Waals surface area contributed by atoms with E-state index in [1.807, 2.05) is 33.8 Å². The van der Waals surface area contributed by atoms with Crippen LogP contribution in [-0.2, 0) is 19.1 Å². The Hall–Kier alpha value is -2.49. The number of ether oxygens (including phenoxy) is 1. The predicted octanol–water partition coefficient (Wildman–Crippen LogP) is 15.6. The molecule has 1 aliphatic rings. The van der Waals surface area contributed by atoms with Gasteiger partial charge in [0.1, 0.15) is 12.1 Å². The molecule has 0 spiro atoms. The Morgan fingerprint density at radius 1 is 0.709 bits per heavy atom. The monoisotopic (exact) mass is 776 g/mol. The summed E-state index contributed by atoms with van der Waals surface area (Å²) in [5.41, 5.74) is 4.28. The summed E-state index contributed by atoms with van der Waals surface area (Å²) in [6.45, 7) is 37.2. The summed E-state index contributed by atoms with van der Waals surface area (Å²) >= 11 is 0. The van der Waals surface area contributed by atoms with E-state index in [0.29, 0.717) is 24.8 Å².